The van der Waals surface area contributed by atoms with Crippen molar-refractivity contribution in [2.24, 2.45) is 0 Å². The highest BCUT2D eigenvalue weighted by molar-refractivity contribution is 7.94. The highest BCUT2D eigenvalue weighted by Crippen LogP contribution is 2.30. The van der Waals surface area contributed by atoms with E-state index in [2.05, 4.69) is 5.32 Å². The second-order valence-electron chi connectivity index (χ2n) is 7.67. The number of pyridine rings is 1. The predicted octanol–water partition coefficient (Wildman–Crippen LogP) is 4.90. The number of benzene rings is 2. The first kappa shape index (κ1) is 20.5. The normalized spacial score (nSPS) is 13.9. The van der Waals surface area contributed by atoms with Gasteiger partial charge in [-0.25, -0.2) is 13.4 Å². The van der Waals surface area contributed by atoms with Crippen molar-refractivity contribution in [3.63, 3.8) is 0 Å². The number of aryl methyl sites for hydroxylation is 1. The molecule has 6 nitrogen and oxygen atoms in total. The number of aromatic nitrogens is 2. The predicted molar refractivity (Wildman–Crippen MR) is 125 cm³/mol. The van der Waals surface area contributed by atoms with Gasteiger partial charge in [0.25, 0.3) is 0 Å². The van der Waals surface area contributed by atoms with Gasteiger partial charge in [-0.15, -0.1) is 0 Å². The third kappa shape index (κ3) is 3.70. The molecule has 0 fully saturated rings. The van der Waals surface area contributed by atoms with Crippen LogP contribution in [0.15, 0.2) is 71.1 Å². The van der Waals surface area contributed by atoms with Gasteiger partial charge in [-0.3, -0.25) is 4.79 Å². The van der Waals surface area contributed by atoms with Crippen LogP contribution in [-0.2, 0) is 21.1 Å². The van der Waals surface area contributed by atoms with Crippen LogP contribution in [0.1, 0.15) is 16.8 Å². The summed E-state index contributed by atoms with van der Waals surface area (Å²) in [5, 5.41) is 4.61. The standard InChI is InChI=1S/C24H18ClN3O3S/c1-15-2-9-22-27-24(17-3-6-18(25)7-4-17)20(28(22)14-15)13-23(29)26-19-8-5-16-10-11-32(30,31)21(16)12-19/h2-12,14H,13H2,1H3,(H,26,29). The second kappa shape index (κ2) is 7.62. The van der Waals surface area contributed by atoms with E-state index < -0.39 is 9.84 Å². The Hall–Kier alpha value is -3.42. The van der Waals surface area contributed by atoms with Crippen molar-refractivity contribution < 1.29 is 13.2 Å². The summed E-state index contributed by atoms with van der Waals surface area (Å²) >= 11 is 6.04. The van der Waals surface area contributed by atoms with Crippen LogP contribution in [-0.4, -0.2) is 23.7 Å². The van der Waals surface area contributed by atoms with Gasteiger partial charge in [0.15, 0.2) is 0 Å². The van der Waals surface area contributed by atoms with Crippen molar-refractivity contribution in [3.05, 3.63) is 88.0 Å². The van der Waals surface area contributed by atoms with E-state index in [1.165, 1.54) is 11.5 Å². The highest BCUT2D eigenvalue weighted by atomic mass is 35.5. The number of fused-ring (bicyclic) bond motifs is 2. The molecular weight excluding hydrogens is 446 g/mol. The topological polar surface area (TPSA) is 80.5 Å². The minimum Gasteiger partial charge on any atom is -0.326 e. The van der Waals surface area contributed by atoms with E-state index in [9.17, 15) is 13.2 Å². The average molecular weight is 464 g/mol. The Morgan fingerprint density at radius 1 is 1.09 bits per heavy atom. The smallest absolute Gasteiger partial charge is 0.230 e. The van der Waals surface area contributed by atoms with E-state index in [1.807, 2.05) is 41.8 Å². The van der Waals surface area contributed by atoms with Gasteiger partial charge in [-0.2, -0.15) is 0 Å². The van der Waals surface area contributed by atoms with E-state index >= 15 is 0 Å². The largest absolute Gasteiger partial charge is 0.326 e. The lowest BCUT2D eigenvalue weighted by Crippen LogP contribution is -2.16. The van der Waals surface area contributed by atoms with Gasteiger partial charge in [0.05, 0.1) is 22.7 Å². The van der Waals surface area contributed by atoms with Crippen molar-refractivity contribution in [3.8, 4) is 11.3 Å². The van der Waals surface area contributed by atoms with Crippen LogP contribution < -0.4 is 5.32 Å². The summed E-state index contributed by atoms with van der Waals surface area (Å²) in [6.45, 7) is 1.98. The Kier molecular flexibility index (Phi) is 4.87. The molecule has 3 heterocycles. The Labute approximate surface area is 190 Å². The summed E-state index contributed by atoms with van der Waals surface area (Å²) in [5.41, 5.74) is 5.10. The number of amides is 1. The van der Waals surface area contributed by atoms with E-state index in [1.54, 1.807) is 30.3 Å². The Balaban J connectivity index is 1.50. The van der Waals surface area contributed by atoms with Gasteiger partial charge in [0, 0.05) is 27.9 Å². The first-order valence-electron chi connectivity index (χ1n) is 9.91. The van der Waals surface area contributed by atoms with Gasteiger partial charge in [-0.1, -0.05) is 35.9 Å². The number of carbonyl (C=O) groups is 1. The van der Waals surface area contributed by atoms with Gasteiger partial charge in [0.1, 0.15) is 5.65 Å². The molecule has 8 heteroatoms. The zero-order chi connectivity index (χ0) is 22.5. The lowest BCUT2D eigenvalue weighted by atomic mass is 10.1. The minimum atomic E-state index is -3.45. The molecule has 2 aromatic heterocycles. The average Bonchev–Trinajstić information content (AvgIpc) is 3.25. The molecule has 0 radical (unpaired) electrons. The number of hydrogen-bond donors (Lipinski definition) is 1. The van der Waals surface area contributed by atoms with Crippen LogP contribution >= 0.6 is 11.6 Å². The number of imidazole rings is 1. The number of nitrogens with one attached hydrogen (secondary N) is 1. The molecule has 1 aliphatic heterocycles. The molecule has 0 saturated heterocycles. The second-order valence-corrected chi connectivity index (χ2v) is 9.91. The fraction of sp³-hybridized carbons (Fsp3) is 0.0833. The zero-order valence-electron chi connectivity index (χ0n) is 17.0. The fourth-order valence-corrected chi connectivity index (χ4v) is 5.15. The maximum absolute atomic E-state index is 13.0. The Morgan fingerprint density at radius 3 is 2.66 bits per heavy atom. The van der Waals surface area contributed by atoms with Crippen molar-refractivity contribution >= 4 is 44.8 Å². The lowest BCUT2D eigenvalue weighted by molar-refractivity contribution is -0.115. The van der Waals surface area contributed by atoms with Crippen molar-refractivity contribution in [1.82, 2.24) is 9.38 Å². The summed E-state index contributed by atoms with van der Waals surface area (Å²) in [5.74, 6) is -0.271. The molecule has 0 aliphatic carbocycles. The van der Waals surface area contributed by atoms with Gasteiger partial charge < -0.3 is 9.72 Å². The van der Waals surface area contributed by atoms with Crippen molar-refractivity contribution in [1.29, 1.82) is 0 Å². The van der Waals surface area contributed by atoms with E-state index in [0.717, 1.165) is 22.5 Å². The van der Waals surface area contributed by atoms with Crippen LogP contribution in [0.4, 0.5) is 5.69 Å². The number of rotatable bonds is 4. The molecule has 0 unspecified atom stereocenters. The first-order valence-corrected chi connectivity index (χ1v) is 11.8. The maximum Gasteiger partial charge on any atom is 0.230 e. The quantitative estimate of drug-likeness (QED) is 0.466. The van der Waals surface area contributed by atoms with Crippen LogP contribution in [0.2, 0.25) is 5.02 Å². The lowest BCUT2D eigenvalue weighted by Gasteiger charge is -2.09. The van der Waals surface area contributed by atoms with E-state index in [-0.39, 0.29) is 17.2 Å². The maximum atomic E-state index is 13.0. The van der Waals surface area contributed by atoms with E-state index in [4.69, 9.17) is 16.6 Å². The molecule has 0 atom stereocenters. The fourth-order valence-electron chi connectivity index (χ4n) is 3.80. The first-order chi connectivity index (χ1) is 15.3. The number of halogens is 1. The summed E-state index contributed by atoms with van der Waals surface area (Å²) in [7, 11) is -3.45. The molecule has 0 bridgehead atoms. The highest BCUT2D eigenvalue weighted by Gasteiger charge is 2.22. The molecule has 1 amide bonds. The molecule has 0 spiro atoms. The Morgan fingerprint density at radius 2 is 1.88 bits per heavy atom. The zero-order valence-corrected chi connectivity index (χ0v) is 18.6. The molecule has 5 rings (SSSR count). The minimum absolute atomic E-state index is 0.0602. The molecule has 1 aliphatic rings. The van der Waals surface area contributed by atoms with Gasteiger partial charge >= 0.3 is 0 Å². The van der Waals surface area contributed by atoms with Gasteiger partial charge in [-0.05, 0) is 54.5 Å². The molecule has 2 aromatic carbocycles. The SMILES string of the molecule is Cc1ccc2nc(-c3ccc(Cl)cc3)c(CC(=O)Nc3ccc4c(c3)S(=O)(=O)C=C4)n2c1. The van der Waals surface area contributed by atoms with Crippen molar-refractivity contribution in [2.75, 3.05) is 5.32 Å². The van der Waals surface area contributed by atoms with Crippen LogP contribution in [0.5, 0.6) is 0 Å². The summed E-state index contributed by atoms with van der Waals surface area (Å²) in [4.78, 5) is 17.9. The third-order valence-electron chi connectivity index (χ3n) is 5.34. The molecule has 32 heavy (non-hydrogen) atoms. The number of carbonyl (C=O) groups excluding carboxylic acids is 1. The molecule has 0 saturated carbocycles. The number of sulfone groups is 1. The monoisotopic (exact) mass is 463 g/mol. The van der Waals surface area contributed by atoms with E-state index in [0.29, 0.717) is 22.0 Å². The summed E-state index contributed by atoms with van der Waals surface area (Å²) in [6, 6.07) is 16.1. The molecular formula is C24H18ClN3O3S. The summed E-state index contributed by atoms with van der Waals surface area (Å²) in [6.07, 6.45) is 3.55. The van der Waals surface area contributed by atoms with Crippen molar-refractivity contribution in [2.45, 2.75) is 18.2 Å². The van der Waals surface area contributed by atoms with Gasteiger partial charge in [0.2, 0.25) is 15.7 Å². The third-order valence-corrected chi connectivity index (χ3v) is 7.05. The molecule has 160 valence electrons. The number of nitrogens with zero attached hydrogens (tertiary/aromatic N) is 2. The van der Waals surface area contributed by atoms with Crippen LogP contribution in [0.25, 0.3) is 23.0 Å². The summed E-state index contributed by atoms with van der Waals surface area (Å²) < 4.78 is 26.2. The molecule has 1 N–H and O–H groups in total. The van der Waals surface area contributed by atoms with Crippen LogP contribution in [0.3, 0.4) is 0 Å². The number of hydrogen-bond acceptors (Lipinski definition) is 4. The van der Waals surface area contributed by atoms with Crippen LogP contribution in [0, 0.1) is 6.92 Å². The molecule has 4 aromatic rings. The number of anilines is 1. The Bertz CT molecular complexity index is 1520.